The molecule has 1 N–H and O–H groups in total. The predicted molar refractivity (Wildman–Crippen MR) is 118 cm³/mol. The number of likely N-dealkylation sites (tertiary alicyclic amines) is 1. The van der Waals surface area contributed by atoms with E-state index in [4.69, 9.17) is 0 Å². The van der Waals surface area contributed by atoms with Gasteiger partial charge in [-0.25, -0.2) is 19.0 Å². The van der Waals surface area contributed by atoms with Crippen LogP contribution in [0, 0.1) is 5.82 Å². The van der Waals surface area contributed by atoms with E-state index in [1.54, 1.807) is 16.8 Å². The number of benzene rings is 1. The lowest BCUT2D eigenvalue weighted by atomic mass is 10.0. The molecule has 0 spiro atoms. The molecule has 2 aromatic heterocycles. The maximum absolute atomic E-state index is 13.7. The number of halogens is 1. The van der Waals surface area contributed by atoms with Crippen molar-refractivity contribution in [1.82, 2.24) is 24.6 Å². The second kappa shape index (κ2) is 8.70. The highest BCUT2D eigenvalue weighted by molar-refractivity contribution is 5.88. The second-order valence-electron chi connectivity index (χ2n) is 8.48. The fourth-order valence-electron chi connectivity index (χ4n) is 4.79. The summed E-state index contributed by atoms with van der Waals surface area (Å²) in [5, 5.41) is 8.72. The summed E-state index contributed by atoms with van der Waals surface area (Å²) < 4.78 is 15.4. The summed E-state index contributed by atoms with van der Waals surface area (Å²) in [6.07, 6.45) is 7.96. The van der Waals surface area contributed by atoms with E-state index in [1.807, 2.05) is 0 Å². The molecule has 8 heteroatoms. The Labute approximate surface area is 180 Å². The third kappa shape index (κ3) is 4.30. The third-order valence-electron chi connectivity index (χ3n) is 6.47. The molecular formula is C23H27FN6O. The Balaban J connectivity index is 1.26. The highest BCUT2D eigenvalue weighted by Gasteiger charge is 2.23. The molecule has 1 atom stereocenters. The topological polar surface area (TPSA) is 75.9 Å². The lowest BCUT2D eigenvalue weighted by Gasteiger charge is -2.36. The quantitative estimate of drug-likeness (QED) is 0.658. The maximum Gasteiger partial charge on any atom is 0.267 e. The molecule has 5 rings (SSSR count). The molecule has 0 bridgehead atoms. The zero-order valence-electron chi connectivity index (χ0n) is 17.6. The minimum Gasteiger partial charge on any atom is -0.368 e. The van der Waals surface area contributed by atoms with Crippen molar-refractivity contribution < 1.29 is 4.39 Å². The van der Waals surface area contributed by atoms with Crippen LogP contribution in [0.3, 0.4) is 0 Å². The standard InChI is InChI=1S/C23H27FN6O/c24-17-7-8-21-19(13-17)23(27-15-26-21)25-14-18-5-1-2-9-29(18)10-11-30-22(31)12-16-4-3-6-20(16)28-30/h7-8,12-13,15,18H,1-6,9-11,14H2,(H,25,26,27). The van der Waals surface area contributed by atoms with Crippen LogP contribution < -0.4 is 10.9 Å². The van der Waals surface area contributed by atoms with Crippen LogP contribution in [0.4, 0.5) is 10.2 Å². The van der Waals surface area contributed by atoms with Crippen LogP contribution in [-0.4, -0.2) is 50.3 Å². The molecule has 1 fully saturated rings. The van der Waals surface area contributed by atoms with Crippen LogP contribution in [0.25, 0.3) is 10.9 Å². The van der Waals surface area contributed by atoms with Gasteiger partial charge in [-0.3, -0.25) is 9.69 Å². The number of hydrogen-bond donors (Lipinski definition) is 1. The molecule has 0 amide bonds. The average Bonchev–Trinajstić information content (AvgIpc) is 3.23. The summed E-state index contributed by atoms with van der Waals surface area (Å²) in [7, 11) is 0. The molecule has 3 aromatic rings. The summed E-state index contributed by atoms with van der Waals surface area (Å²) in [6.45, 7) is 3.11. The van der Waals surface area contributed by atoms with Gasteiger partial charge in [0.25, 0.3) is 5.56 Å². The summed E-state index contributed by atoms with van der Waals surface area (Å²) in [5.41, 5.74) is 2.93. The first kappa shape index (κ1) is 20.1. The van der Waals surface area contributed by atoms with Crippen molar-refractivity contribution in [1.29, 1.82) is 0 Å². The summed E-state index contributed by atoms with van der Waals surface area (Å²) in [4.78, 5) is 23.4. The predicted octanol–water partition coefficient (Wildman–Crippen LogP) is 2.78. The molecule has 0 radical (unpaired) electrons. The molecule has 2 aliphatic rings. The Morgan fingerprint density at radius 3 is 2.97 bits per heavy atom. The van der Waals surface area contributed by atoms with Gasteiger partial charge in [0.15, 0.2) is 0 Å². The summed E-state index contributed by atoms with van der Waals surface area (Å²) in [5.74, 6) is 0.364. The van der Waals surface area contributed by atoms with Crippen molar-refractivity contribution in [3.05, 3.63) is 58.0 Å². The van der Waals surface area contributed by atoms with E-state index in [0.29, 0.717) is 23.8 Å². The number of aromatic nitrogens is 4. The average molecular weight is 423 g/mol. The Bertz CT molecular complexity index is 1150. The Morgan fingerprint density at radius 2 is 2.03 bits per heavy atom. The molecule has 1 aliphatic carbocycles. The molecule has 1 aliphatic heterocycles. The molecule has 3 heterocycles. The lowest BCUT2D eigenvalue weighted by Crippen LogP contribution is -2.45. The molecule has 0 saturated carbocycles. The SMILES string of the molecule is O=c1cc2c(nn1CCN1CCCCC1CNc1ncnc3ccc(F)cc13)CCC2. The number of nitrogens with one attached hydrogen (secondary N) is 1. The van der Waals surface area contributed by atoms with E-state index >= 15 is 0 Å². The van der Waals surface area contributed by atoms with Crippen LogP contribution in [0.1, 0.15) is 36.9 Å². The lowest BCUT2D eigenvalue weighted by molar-refractivity contribution is 0.148. The first-order valence-corrected chi connectivity index (χ1v) is 11.2. The van der Waals surface area contributed by atoms with Gasteiger partial charge in [-0.2, -0.15) is 5.10 Å². The molecule has 31 heavy (non-hydrogen) atoms. The largest absolute Gasteiger partial charge is 0.368 e. The smallest absolute Gasteiger partial charge is 0.267 e. The van der Waals surface area contributed by atoms with Crippen molar-refractivity contribution in [3.8, 4) is 0 Å². The van der Waals surface area contributed by atoms with Gasteiger partial charge in [0.1, 0.15) is 18.0 Å². The van der Waals surface area contributed by atoms with E-state index < -0.39 is 0 Å². The van der Waals surface area contributed by atoms with Crippen LogP contribution in [0.15, 0.2) is 35.4 Å². The van der Waals surface area contributed by atoms with Crippen molar-refractivity contribution >= 4 is 16.7 Å². The Kier molecular flexibility index (Phi) is 5.63. The number of piperidine rings is 1. The normalized spacial score (nSPS) is 18.9. The van der Waals surface area contributed by atoms with E-state index in [1.165, 1.54) is 24.9 Å². The van der Waals surface area contributed by atoms with Gasteiger partial charge in [-0.1, -0.05) is 6.42 Å². The second-order valence-corrected chi connectivity index (χ2v) is 8.48. The summed E-state index contributed by atoms with van der Waals surface area (Å²) >= 11 is 0. The minimum absolute atomic E-state index is 0.00168. The highest BCUT2D eigenvalue weighted by atomic mass is 19.1. The van der Waals surface area contributed by atoms with Crippen molar-refractivity contribution in [2.45, 2.75) is 51.1 Å². The molecule has 1 aromatic carbocycles. The molecule has 162 valence electrons. The van der Waals surface area contributed by atoms with Crippen molar-refractivity contribution in [2.24, 2.45) is 0 Å². The van der Waals surface area contributed by atoms with Crippen molar-refractivity contribution in [3.63, 3.8) is 0 Å². The number of rotatable bonds is 6. The van der Waals surface area contributed by atoms with Gasteiger partial charge >= 0.3 is 0 Å². The van der Waals surface area contributed by atoms with Gasteiger partial charge in [-0.05, 0) is 62.4 Å². The number of anilines is 1. The molecule has 1 unspecified atom stereocenters. The fraction of sp³-hybridized carbons (Fsp3) is 0.478. The molecular weight excluding hydrogens is 395 g/mol. The van der Waals surface area contributed by atoms with Crippen LogP contribution >= 0.6 is 0 Å². The fourth-order valence-corrected chi connectivity index (χ4v) is 4.79. The van der Waals surface area contributed by atoms with Crippen LogP contribution in [-0.2, 0) is 19.4 Å². The van der Waals surface area contributed by atoms with E-state index in [2.05, 4.69) is 25.3 Å². The number of nitrogens with zero attached hydrogens (tertiary/aromatic N) is 5. The number of aryl methyl sites for hydroxylation is 2. The van der Waals surface area contributed by atoms with Gasteiger partial charge in [0.2, 0.25) is 0 Å². The first-order valence-electron chi connectivity index (χ1n) is 11.2. The van der Waals surface area contributed by atoms with Crippen molar-refractivity contribution in [2.75, 3.05) is 25.0 Å². The minimum atomic E-state index is -0.295. The van der Waals surface area contributed by atoms with Gasteiger partial charge in [0, 0.05) is 30.6 Å². The third-order valence-corrected chi connectivity index (χ3v) is 6.47. The van der Waals surface area contributed by atoms with Gasteiger partial charge in [-0.15, -0.1) is 0 Å². The van der Waals surface area contributed by atoms with E-state index in [9.17, 15) is 9.18 Å². The van der Waals surface area contributed by atoms with Crippen LogP contribution in [0.5, 0.6) is 0 Å². The zero-order chi connectivity index (χ0) is 21.2. The maximum atomic E-state index is 13.7. The Morgan fingerprint density at radius 1 is 1.10 bits per heavy atom. The zero-order valence-corrected chi connectivity index (χ0v) is 17.6. The van der Waals surface area contributed by atoms with E-state index in [-0.39, 0.29) is 11.4 Å². The van der Waals surface area contributed by atoms with Gasteiger partial charge in [0.05, 0.1) is 17.8 Å². The Hall–Kier alpha value is -2.87. The molecule has 7 nitrogen and oxygen atoms in total. The summed E-state index contributed by atoms with van der Waals surface area (Å²) in [6, 6.07) is 6.66. The number of hydrogen-bond acceptors (Lipinski definition) is 6. The molecule has 1 saturated heterocycles. The first-order chi connectivity index (χ1) is 15.2. The highest BCUT2D eigenvalue weighted by Crippen LogP contribution is 2.22. The number of fused-ring (bicyclic) bond motifs is 2. The van der Waals surface area contributed by atoms with Gasteiger partial charge < -0.3 is 5.32 Å². The van der Waals surface area contributed by atoms with E-state index in [0.717, 1.165) is 68.5 Å². The monoisotopic (exact) mass is 422 g/mol. The van der Waals surface area contributed by atoms with Crippen LogP contribution in [0.2, 0.25) is 0 Å².